The van der Waals surface area contributed by atoms with Crippen molar-refractivity contribution in [2.45, 2.75) is 69.3 Å². The highest BCUT2D eigenvalue weighted by Crippen LogP contribution is 2.61. The van der Waals surface area contributed by atoms with Crippen LogP contribution in [-0.2, 0) is 16.2 Å². The number of aliphatic hydroxyl groups excluding tert-OH is 2. The number of nitro groups is 1. The molecule has 0 spiro atoms. The summed E-state index contributed by atoms with van der Waals surface area (Å²) in [5.74, 6) is -0.772. The van der Waals surface area contributed by atoms with Crippen LogP contribution in [0.2, 0.25) is 0 Å². The highest BCUT2D eigenvalue weighted by Gasteiger charge is 2.65. The van der Waals surface area contributed by atoms with Crippen LogP contribution in [0.25, 0.3) is 0 Å². The lowest BCUT2D eigenvalue weighted by Crippen LogP contribution is -2.69. The number of rotatable bonds is 20. The molecule has 6 unspecified atom stereocenters. The summed E-state index contributed by atoms with van der Waals surface area (Å²) in [5.41, 5.74) is 3.26. The Morgan fingerprint density at radius 3 is 2.38 bits per heavy atom. The van der Waals surface area contributed by atoms with Gasteiger partial charge in [-0.15, -0.1) is 6.58 Å². The number of aliphatic hydroxyl groups is 2. The first-order valence-corrected chi connectivity index (χ1v) is 19.9. The van der Waals surface area contributed by atoms with E-state index in [1.54, 1.807) is 19.2 Å². The third kappa shape index (κ3) is 9.28. The quantitative estimate of drug-likeness (QED) is 0.0494. The molecule has 13 nitrogen and oxygen atoms in total. The summed E-state index contributed by atoms with van der Waals surface area (Å²) in [5, 5.41) is 35.8. The number of nitro benzene ring substituents is 1. The second kappa shape index (κ2) is 19.8. The van der Waals surface area contributed by atoms with E-state index in [0.29, 0.717) is 36.7 Å². The Hall–Kier alpha value is -5.50. The summed E-state index contributed by atoms with van der Waals surface area (Å²) in [7, 11) is 1.62. The van der Waals surface area contributed by atoms with Crippen LogP contribution in [0.1, 0.15) is 62.0 Å². The SMILES string of the molecule is C=CCOc1ccc2c(c1)C1C(CCCCO)C(CCCCO)C=C3C(=NOCc4ccccc4)CC(N(C)C(=O)Oc4ccc([N+](=O)[O-])cc4)C(OCC=C)(O2)C31. The molecule has 0 saturated heterocycles. The van der Waals surface area contributed by atoms with Gasteiger partial charge in [0, 0.05) is 50.3 Å². The first-order chi connectivity index (χ1) is 28.2. The Bertz CT molecular complexity index is 1950. The van der Waals surface area contributed by atoms with Crippen molar-refractivity contribution < 1.29 is 43.7 Å². The van der Waals surface area contributed by atoms with Gasteiger partial charge in [0.2, 0.25) is 5.79 Å². The van der Waals surface area contributed by atoms with Crippen molar-refractivity contribution >= 4 is 17.5 Å². The fourth-order valence-corrected chi connectivity index (χ4v) is 8.67. The molecule has 0 aromatic heterocycles. The maximum absolute atomic E-state index is 14.2. The van der Waals surface area contributed by atoms with E-state index < -0.39 is 28.8 Å². The lowest BCUT2D eigenvalue weighted by Gasteiger charge is -2.59. The van der Waals surface area contributed by atoms with Gasteiger partial charge in [0.15, 0.2) is 0 Å². The molecule has 6 atom stereocenters. The number of allylic oxidation sites excluding steroid dienone is 1. The van der Waals surface area contributed by atoms with E-state index >= 15 is 0 Å². The van der Waals surface area contributed by atoms with Crippen molar-refractivity contribution in [3.05, 3.63) is 131 Å². The number of ether oxygens (including phenoxy) is 4. The molecule has 1 aliphatic heterocycles. The zero-order chi connectivity index (χ0) is 41.1. The van der Waals surface area contributed by atoms with Gasteiger partial charge >= 0.3 is 6.09 Å². The number of likely N-dealkylation sites (N-methyl/N-ethyl adjacent to an activating group) is 1. The largest absolute Gasteiger partial charge is 0.490 e. The Morgan fingerprint density at radius 1 is 0.983 bits per heavy atom. The molecule has 2 aliphatic carbocycles. The van der Waals surface area contributed by atoms with E-state index in [4.69, 9.17) is 28.9 Å². The normalized spacial score (nSPS) is 23.7. The number of benzene rings is 3. The minimum absolute atomic E-state index is 0.0330. The monoisotopic (exact) mass is 795 g/mol. The van der Waals surface area contributed by atoms with Crippen LogP contribution >= 0.6 is 0 Å². The molecule has 2 N–H and O–H groups in total. The smallest absolute Gasteiger partial charge is 0.415 e. The van der Waals surface area contributed by atoms with Crippen molar-refractivity contribution in [2.24, 2.45) is 22.9 Å². The second-order valence-electron chi connectivity index (χ2n) is 14.9. The Kier molecular flexibility index (Phi) is 14.4. The summed E-state index contributed by atoms with van der Waals surface area (Å²) in [6, 6.07) is 20.0. The van der Waals surface area contributed by atoms with Crippen LogP contribution in [0.3, 0.4) is 0 Å². The van der Waals surface area contributed by atoms with Gasteiger partial charge in [-0.1, -0.05) is 73.1 Å². The number of carbonyl (C=O) groups excluding carboxylic acids is 1. The Balaban J connectivity index is 1.52. The van der Waals surface area contributed by atoms with Gasteiger partial charge in [-0.05, 0) is 79.0 Å². The highest BCUT2D eigenvalue weighted by molar-refractivity contribution is 6.03. The summed E-state index contributed by atoms with van der Waals surface area (Å²) in [6.07, 6.45) is 9.52. The number of fused-ring (bicyclic) bond motifs is 2. The summed E-state index contributed by atoms with van der Waals surface area (Å²) >= 11 is 0. The van der Waals surface area contributed by atoms with Gasteiger partial charge in [-0.2, -0.15) is 0 Å². The first-order valence-electron chi connectivity index (χ1n) is 19.9. The molecular formula is C45H53N3O10. The van der Waals surface area contributed by atoms with Crippen molar-refractivity contribution in [1.82, 2.24) is 4.90 Å². The van der Waals surface area contributed by atoms with E-state index in [-0.39, 0.29) is 62.0 Å². The van der Waals surface area contributed by atoms with Crippen LogP contribution in [0.5, 0.6) is 17.2 Å². The number of hydrogen-bond donors (Lipinski definition) is 2. The van der Waals surface area contributed by atoms with E-state index in [9.17, 15) is 25.1 Å². The van der Waals surface area contributed by atoms with Crippen LogP contribution in [-0.4, -0.2) is 77.1 Å². The number of nitrogens with zero attached hydrogens (tertiary/aromatic N) is 3. The Morgan fingerprint density at radius 2 is 1.69 bits per heavy atom. The zero-order valence-corrected chi connectivity index (χ0v) is 32.9. The van der Waals surface area contributed by atoms with Crippen LogP contribution in [0, 0.1) is 27.9 Å². The highest BCUT2D eigenvalue weighted by atomic mass is 16.7. The molecule has 3 aliphatic rings. The molecule has 1 amide bonds. The predicted molar refractivity (Wildman–Crippen MR) is 219 cm³/mol. The van der Waals surface area contributed by atoms with E-state index in [1.165, 1.54) is 29.2 Å². The molecule has 0 radical (unpaired) electrons. The van der Waals surface area contributed by atoms with Crippen LogP contribution < -0.4 is 14.2 Å². The standard InChI is InChI=1S/C45H53N3O10/c1-4-25-54-35-21-22-40-38(28-35)42-36(16-10-12-24-50)32(15-9-11-23-49)27-37-39(46-56-30-31-13-7-6-8-14-31)29-41(45(58-40,43(37)42)55-26-5-2)47(3)44(51)57-34-19-17-33(18-20-34)48(52)53/h4-8,13-14,17-22,27-28,32,36,41-43,49-50H,1-2,9-12,15-16,23-26,29-30H2,3H3. The van der Waals surface area contributed by atoms with Gasteiger partial charge in [-0.25, -0.2) is 4.79 Å². The number of oxime groups is 1. The van der Waals surface area contributed by atoms with Crippen molar-refractivity contribution in [3.8, 4) is 17.2 Å². The van der Waals surface area contributed by atoms with Crippen molar-refractivity contribution in [3.63, 3.8) is 0 Å². The van der Waals surface area contributed by atoms with Gasteiger partial charge in [0.1, 0.15) is 36.5 Å². The minimum atomic E-state index is -1.48. The molecule has 58 heavy (non-hydrogen) atoms. The van der Waals surface area contributed by atoms with Crippen molar-refractivity contribution in [1.29, 1.82) is 0 Å². The molecule has 308 valence electrons. The first kappa shape index (κ1) is 42.1. The molecule has 1 fully saturated rings. The van der Waals surface area contributed by atoms with E-state index in [0.717, 1.165) is 42.4 Å². The maximum Gasteiger partial charge on any atom is 0.415 e. The topological polar surface area (TPSA) is 162 Å². The number of hydrogen-bond acceptors (Lipinski definition) is 11. The predicted octanol–water partition coefficient (Wildman–Crippen LogP) is 8.12. The molecule has 0 bridgehead atoms. The maximum atomic E-state index is 14.2. The molecule has 1 saturated carbocycles. The summed E-state index contributed by atoms with van der Waals surface area (Å²) in [4.78, 5) is 32.5. The van der Waals surface area contributed by atoms with E-state index in [1.807, 2.05) is 48.5 Å². The molecule has 6 rings (SSSR count). The lowest BCUT2D eigenvalue weighted by atomic mass is 9.55. The van der Waals surface area contributed by atoms with E-state index in [2.05, 4.69) is 19.2 Å². The number of carbonyl (C=O) groups is 1. The molecule has 13 heteroatoms. The van der Waals surface area contributed by atoms with Gasteiger partial charge in [0.05, 0.1) is 23.2 Å². The number of non-ortho nitro benzene ring substituents is 1. The average Bonchev–Trinajstić information content (AvgIpc) is 3.23. The third-order valence-electron chi connectivity index (χ3n) is 11.3. The molecule has 3 aromatic carbocycles. The minimum Gasteiger partial charge on any atom is -0.490 e. The molecular weight excluding hydrogens is 743 g/mol. The van der Waals surface area contributed by atoms with Gasteiger partial charge in [0.25, 0.3) is 5.69 Å². The fourth-order valence-electron chi connectivity index (χ4n) is 8.67. The number of amides is 1. The zero-order valence-electron chi connectivity index (χ0n) is 32.9. The molecule has 1 heterocycles. The second-order valence-corrected chi connectivity index (χ2v) is 14.9. The van der Waals surface area contributed by atoms with Crippen LogP contribution in [0.4, 0.5) is 10.5 Å². The Labute approximate surface area is 339 Å². The fraction of sp³-hybridized carbons (Fsp3) is 0.422. The van der Waals surface area contributed by atoms with Crippen LogP contribution in [0.15, 0.2) is 115 Å². The summed E-state index contributed by atoms with van der Waals surface area (Å²) < 4.78 is 25.9. The number of unbranched alkanes of at least 4 members (excludes halogenated alkanes) is 2. The third-order valence-corrected chi connectivity index (χ3v) is 11.3. The average molecular weight is 796 g/mol. The van der Waals surface area contributed by atoms with Crippen molar-refractivity contribution in [2.75, 3.05) is 33.5 Å². The molecule has 3 aromatic rings. The summed E-state index contributed by atoms with van der Waals surface area (Å²) in [6.45, 7) is 8.57. The van der Waals surface area contributed by atoms with Gasteiger partial charge in [-0.3, -0.25) is 10.1 Å². The lowest BCUT2D eigenvalue weighted by molar-refractivity contribution is -0.384. The van der Waals surface area contributed by atoms with Gasteiger partial charge < -0.3 is 38.9 Å².